The summed E-state index contributed by atoms with van der Waals surface area (Å²) in [6, 6.07) is 7.89. The number of ketones is 2. The highest BCUT2D eigenvalue weighted by atomic mass is 35.5. The summed E-state index contributed by atoms with van der Waals surface area (Å²) in [5, 5.41) is 0.375. The zero-order valence-corrected chi connectivity index (χ0v) is 29.7. The number of ether oxygens (including phenoxy) is 2. The van der Waals surface area contributed by atoms with Gasteiger partial charge in [0, 0.05) is 71.0 Å². The Morgan fingerprint density at radius 3 is 1.66 bits per heavy atom. The van der Waals surface area contributed by atoms with E-state index in [0.29, 0.717) is 39.7 Å². The fourth-order valence-corrected chi connectivity index (χ4v) is 5.21. The predicted molar refractivity (Wildman–Crippen MR) is 184 cm³/mol. The van der Waals surface area contributed by atoms with Gasteiger partial charge in [-0.3, -0.25) is 23.3 Å². The van der Waals surface area contributed by atoms with Crippen molar-refractivity contribution in [2.24, 2.45) is 0 Å². The van der Waals surface area contributed by atoms with Gasteiger partial charge in [0.2, 0.25) is 12.2 Å². The van der Waals surface area contributed by atoms with Crippen molar-refractivity contribution in [2.75, 3.05) is 42.4 Å². The Hall–Kier alpha value is -4.86. The van der Waals surface area contributed by atoms with E-state index in [0.717, 1.165) is 0 Å². The Labute approximate surface area is 296 Å². The summed E-state index contributed by atoms with van der Waals surface area (Å²) < 4.78 is 49.5. The summed E-state index contributed by atoms with van der Waals surface area (Å²) in [5.74, 6) is -0.780. The number of halogens is 4. The fourth-order valence-electron chi connectivity index (χ4n) is 4.70. The molecular formula is C34H34Cl2F2N6O6. The second-order valence-electron chi connectivity index (χ2n) is 10.9. The number of rotatable bonds is 9. The van der Waals surface area contributed by atoms with Crippen LogP contribution in [0.15, 0.2) is 82.4 Å². The number of benzene rings is 2. The molecule has 0 fully saturated rings. The summed E-state index contributed by atoms with van der Waals surface area (Å²) in [6.45, 7) is 1.43. The van der Waals surface area contributed by atoms with Crippen LogP contribution in [0, 0.1) is 11.6 Å². The third-order valence-corrected chi connectivity index (χ3v) is 7.44. The normalized spacial score (nSPS) is 11.3. The average molecular weight is 732 g/mol. The number of nitrogens with zero attached hydrogens (tertiary/aromatic N) is 6. The van der Waals surface area contributed by atoms with Gasteiger partial charge in [-0.25, -0.2) is 8.78 Å². The number of allylic oxidation sites excluding steroid dienone is 1. The number of carbonyl (C=O) groups is 2. The minimum atomic E-state index is -0.456. The summed E-state index contributed by atoms with van der Waals surface area (Å²) in [5.41, 5.74) is 2.36. The van der Waals surface area contributed by atoms with Crippen molar-refractivity contribution in [3.63, 3.8) is 0 Å². The molecule has 0 amide bonds. The number of hydrogen-bond donors (Lipinski definition) is 0. The summed E-state index contributed by atoms with van der Waals surface area (Å²) in [6.07, 6.45) is 8.92. The molecule has 0 aliphatic carbocycles. The zero-order chi connectivity index (χ0) is 36.7. The molecule has 2 aromatic carbocycles. The van der Waals surface area contributed by atoms with E-state index in [-0.39, 0.29) is 33.9 Å². The molecule has 16 heteroatoms. The number of aromatic nitrogens is 4. The fraction of sp³-hybridized carbons (Fsp3) is 0.235. The van der Waals surface area contributed by atoms with Gasteiger partial charge >= 0.3 is 11.7 Å². The Bertz CT molecular complexity index is 2130. The Kier molecular flexibility index (Phi) is 12.7. The van der Waals surface area contributed by atoms with Crippen LogP contribution in [0.4, 0.5) is 8.78 Å². The van der Waals surface area contributed by atoms with Crippen molar-refractivity contribution >= 4 is 46.5 Å². The first-order chi connectivity index (χ1) is 23.8. The molecular weight excluding hydrogens is 697 g/mol. The number of hydrogen-bond acceptors (Lipinski definition) is 10. The lowest BCUT2D eigenvalue weighted by atomic mass is 10.1. The molecule has 0 saturated heterocycles. The molecule has 0 atom stereocenters. The number of Topliss-reactive ketones (excluding diaryl/α,β-unsaturated/α-hetero) is 1. The highest BCUT2D eigenvalue weighted by molar-refractivity contribution is 6.34. The van der Waals surface area contributed by atoms with Crippen molar-refractivity contribution in [1.82, 2.24) is 28.6 Å². The van der Waals surface area contributed by atoms with Gasteiger partial charge in [0.1, 0.15) is 46.9 Å². The molecule has 6 rings (SSSR count). The van der Waals surface area contributed by atoms with E-state index in [1.165, 1.54) is 70.7 Å². The molecule has 6 aromatic rings. The van der Waals surface area contributed by atoms with Crippen LogP contribution in [-0.4, -0.2) is 89.0 Å². The van der Waals surface area contributed by atoms with E-state index in [1.54, 1.807) is 37.7 Å². The van der Waals surface area contributed by atoms with E-state index < -0.39 is 11.6 Å². The van der Waals surface area contributed by atoms with Crippen molar-refractivity contribution < 1.29 is 36.7 Å². The largest absolute Gasteiger partial charge is 0.432 e. The number of fused-ring (bicyclic) bond motifs is 2. The van der Waals surface area contributed by atoms with Crippen LogP contribution in [0.2, 0.25) is 10.0 Å². The van der Waals surface area contributed by atoms with Crippen molar-refractivity contribution in [3.8, 4) is 22.5 Å². The first-order valence-electron chi connectivity index (χ1n) is 14.7. The zero-order valence-electron chi connectivity index (χ0n) is 28.2. The molecule has 0 saturated carbocycles. The van der Waals surface area contributed by atoms with Gasteiger partial charge in [-0.1, -0.05) is 23.2 Å². The molecule has 0 unspecified atom stereocenters. The monoisotopic (exact) mass is 730 g/mol. The third kappa shape index (κ3) is 8.64. The van der Waals surface area contributed by atoms with Gasteiger partial charge in [0.15, 0.2) is 5.78 Å². The molecule has 0 radical (unpaired) electrons. The van der Waals surface area contributed by atoms with Gasteiger partial charge in [-0.15, -0.1) is 0 Å². The highest BCUT2D eigenvalue weighted by Crippen LogP contribution is 2.33. The first-order valence-corrected chi connectivity index (χ1v) is 15.5. The molecule has 4 heterocycles. The van der Waals surface area contributed by atoms with Crippen LogP contribution in [0.1, 0.15) is 27.9 Å². The lowest BCUT2D eigenvalue weighted by Crippen LogP contribution is -2.30. The maximum absolute atomic E-state index is 13.3. The van der Waals surface area contributed by atoms with Crippen molar-refractivity contribution in [1.29, 1.82) is 0 Å². The topological polar surface area (TPSA) is 120 Å². The maximum atomic E-state index is 13.3. The van der Waals surface area contributed by atoms with Crippen LogP contribution in [-0.2, 0) is 9.47 Å². The van der Waals surface area contributed by atoms with Gasteiger partial charge in [-0.05, 0) is 50.5 Å². The smallest absolute Gasteiger partial charge is 0.306 e. The quantitative estimate of drug-likeness (QED) is 0.0848. The minimum Gasteiger partial charge on any atom is -0.432 e. The first kappa shape index (κ1) is 38.0. The molecule has 0 bridgehead atoms. The molecule has 4 aromatic heterocycles. The van der Waals surface area contributed by atoms with Gasteiger partial charge < -0.3 is 23.2 Å². The van der Waals surface area contributed by atoms with E-state index in [2.05, 4.69) is 9.97 Å². The van der Waals surface area contributed by atoms with Crippen LogP contribution in [0.5, 0.6) is 0 Å². The van der Waals surface area contributed by atoms with E-state index in [9.17, 15) is 18.4 Å². The third-order valence-electron chi connectivity index (χ3n) is 6.81. The average Bonchev–Trinajstić information content (AvgIpc) is 3.82. The van der Waals surface area contributed by atoms with E-state index in [4.69, 9.17) is 41.5 Å². The van der Waals surface area contributed by atoms with Gasteiger partial charge in [0.25, 0.3) is 0 Å². The van der Waals surface area contributed by atoms with Crippen LogP contribution in [0.3, 0.4) is 0 Å². The number of methoxy groups -OCH3 is 2. The summed E-state index contributed by atoms with van der Waals surface area (Å²) in [4.78, 5) is 36.4. The molecule has 0 N–H and O–H groups in total. The number of imidazole rings is 2. The Balaban J connectivity index is 0.000000188. The Morgan fingerprint density at radius 2 is 1.28 bits per heavy atom. The van der Waals surface area contributed by atoms with E-state index >= 15 is 0 Å². The standard InChI is InChI=1S/C16H13ClFN3O2.C13H8ClFN2O2.C5H13NO2/c1-20(2)6-5-13(22)15-14(19-16-21(15)7-8-23-16)11-4-3-10(18)9-12(11)17;1-7(18)12-11(16-13-17(12)4-5-19-13)9-3-2-8(15)6-10(9)14;1-6(2)5(7-3)8-4/h3-9H,1-2H3;2-6H,1H3;5H,1-4H3. The maximum Gasteiger partial charge on any atom is 0.306 e. The molecule has 0 aliphatic heterocycles. The second kappa shape index (κ2) is 16.7. The SMILES string of the molecule is CC(=O)c1c(-c2ccc(F)cc2Cl)nc2occn12.CN(C)C=CC(=O)c1c(-c2ccc(F)cc2Cl)nc2occn12.COC(OC)N(C)C. The Morgan fingerprint density at radius 1 is 0.820 bits per heavy atom. The van der Waals surface area contributed by atoms with Crippen LogP contribution in [0.25, 0.3) is 34.2 Å². The number of oxazole rings is 2. The molecule has 264 valence electrons. The van der Waals surface area contributed by atoms with Gasteiger partial charge in [0.05, 0.1) is 10.0 Å². The van der Waals surface area contributed by atoms with E-state index in [1.807, 2.05) is 33.1 Å². The summed E-state index contributed by atoms with van der Waals surface area (Å²) in [7, 11) is 10.6. The summed E-state index contributed by atoms with van der Waals surface area (Å²) >= 11 is 12.1. The molecule has 0 spiro atoms. The van der Waals surface area contributed by atoms with Gasteiger partial charge in [-0.2, -0.15) is 9.97 Å². The van der Waals surface area contributed by atoms with Crippen LogP contribution >= 0.6 is 23.2 Å². The predicted octanol–water partition coefficient (Wildman–Crippen LogP) is 7.36. The number of carbonyl (C=O) groups excluding carboxylic acids is 2. The highest BCUT2D eigenvalue weighted by Gasteiger charge is 2.23. The van der Waals surface area contributed by atoms with Crippen molar-refractivity contribution in [3.05, 3.63) is 107 Å². The molecule has 50 heavy (non-hydrogen) atoms. The van der Waals surface area contributed by atoms with Crippen molar-refractivity contribution in [2.45, 2.75) is 13.3 Å². The second-order valence-corrected chi connectivity index (χ2v) is 11.7. The molecule has 12 nitrogen and oxygen atoms in total. The lowest BCUT2D eigenvalue weighted by molar-refractivity contribution is -0.179. The molecule has 0 aliphatic rings. The van der Waals surface area contributed by atoms with Crippen LogP contribution < -0.4 is 0 Å². The lowest BCUT2D eigenvalue weighted by Gasteiger charge is -2.19. The minimum absolute atomic E-state index is 0.177.